The van der Waals surface area contributed by atoms with Gasteiger partial charge in [0.2, 0.25) is 0 Å². The third-order valence-electron chi connectivity index (χ3n) is 2.54. The second-order valence-corrected chi connectivity index (χ2v) is 4.35. The highest BCUT2D eigenvalue weighted by molar-refractivity contribution is 5.49. The molecule has 0 radical (unpaired) electrons. The number of ether oxygens (including phenoxy) is 1. The average Bonchev–Trinajstić information content (AvgIpc) is 2.22. The van der Waals surface area contributed by atoms with Crippen molar-refractivity contribution >= 4 is 6.29 Å². The molecule has 0 N–H and O–H groups in total. The average molecular weight is 214 g/mol. The predicted molar refractivity (Wildman–Crippen MR) is 64.0 cm³/mol. The standard InChI is InChI=1S/C13H26O2/c1-3-4-5-6-7-8-11-15-12-13(2)9-10-14/h10,13H,3-9,11-12H2,1-2H3/t13-/m1/s1. The van der Waals surface area contributed by atoms with E-state index in [2.05, 4.69) is 13.8 Å². The zero-order valence-corrected chi connectivity index (χ0v) is 10.3. The fourth-order valence-electron chi connectivity index (χ4n) is 1.50. The van der Waals surface area contributed by atoms with Crippen LogP contribution in [0.2, 0.25) is 0 Å². The molecule has 1 atom stereocenters. The Morgan fingerprint density at radius 1 is 1.13 bits per heavy atom. The summed E-state index contributed by atoms with van der Waals surface area (Å²) in [6.07, 6.45) is 9.39. The number of rotatable bonds is 11. The monoisotopic (exact) mass is 214 g/mol. The molecule has 0 unspecified atom stereocenters. The van der Waals surface area contributed by atoms with E-state index in [0.29, 0.717) is 12.3 Å². The van der Waals surface area contributed by atoms with Crippen LogP contribution in [0.4, 0.5) is 0 Å². The molecule has 0 bridgehead atoms. The lowest BCUT2D eigenvalue weighted by Crippen LogP contribution is -2.07. The first-order valence-electron chi connectivity index (χ1n) is 6.32. The lowest BCUT2D eigenvalue weighted by molar-refractivity contribution is -0.108. The molecule has 0 saturated carbocycles. The van der Waals surface area contributed by atoms with Gasteiger partial charge in [0.1, 0.15) is 6.29 Å². The first-order valence-corrected chi connectivity index (χ1v) is 6.32. The Bertz CT molecular complexity index is 134. The van der Waals surface area contributed by atoms with E-state index >= 15 is 0 Å². The SMILES string of the molecule is CCCCCCCCOC[C@H](C)CC=O. The van der Waals surface area contributed by atoms with Crippen molar-refractivity contribution in [3.8, 4) is 0 Å². The van der Waals surface area contributed by atoms with E-state index in [9.17, 15) is 4.79 Å². The maximum absolute atomic E-state index is 10.2. The van der Waals surface area contributed by atoms with E-state index in [1.165, 1.54) is 32.1 Å². The second kappa shape index (κ2) is 11.7. The Morgan fingerprint density at radius 2 is 1.80 bits per heavy atom. The van der Waals surface area contributed by atoms with E-state index in [-0.39, 0.29) is 0 Å². The molecule has 2 heteroatoms. The van der Waals surface area contributed by atoms with Gasteiger partial charge >= 0.3 is 0 Å². The molecular weight excluding hydrogens is 188 g/mol. The van der Waals surface area contributed by atoms with Crippen LogP contribution in [0.3, 0.4) is 0 Å². The summed E-state index contributed by atoms with van der Waals surface area (Å²) in [5, 5.41) is 0. The van der Waals surface area contributed by atoms with E-state index in [0.717, 1.165) is 25.9 Å². The molecule has 0 aliphatic heterocycles. The van der Waals surface area contributed by atoms with Crippen LogP contribution in [0.5, 0.6) is 0 Å². The van der Waals surface area contributed by atoms with E-state index in [1.807, 2.05) is 0 Å². The summed E-state index contributed by atoms with van der Waals surface area (Å²) in [4.78, 5) is 10.2. The summed E-state index contributed by atoms with van der Waals surface area (Å²) in [6.45, 7) is 5.87. The van der Waals surface area contributed by atoms with Crippen molar-refractivity contribution in [1.29, 1.82) is 0 Å². The number of unbranched alkanes of at least 4 members (excludes halogenated alkanes) is 5. The minimum absolute atomic E-state index is 0.377. The van der Waals surface area contributed by atoms with Gasteiger partial charge in [-0.05, 0) is 12.3 Å². The van der Waals surface area contributed by atoms with Crippen molar-refractivity contribution in [1.82, 2.24) is 0 Å². The summed E-state index contributed by atoms with van der Waals surface area (Å²) in [7, 11) is 0. The van der Waals surface area contributed by atoms with E-state index in [1.54, 1.807) is 0 Å². The molecule has 0 saturated heterocycles. The van der Waals surface area contributed by atoms with Gasteiger partial charge in [0.15, 0.2) is 0 Å². The molecule has 0 aromatic rings. The van der Waals surface area contributed by atoms with Crippen LogP contribution in [-0.2, 0) is 9.53 Å². The number of hydrogen-bond donors (Lipinski definition) is 0. The van der Waals surface area contributed by atoms with Gasteiger partial charge in [-0.25, -0.2) is 0 Å². The molecule has 0 heterocycles. The first kappa shape index (κ1) is 14.6. The fraction of sp³-hybridized carbons (Fsp3) is 0.923. The van der Waals surface area contributed by atoms with Gasteiger partial charge in [-0.1, -0.05) is 46.0 Å². The van der Waals surface area contributed by atoms with Gasteiger partial charge in [0.05, 0.1) is 0 Å². The topological polar surface area (TPSA) is 26.3 Å². The van der Waals surface area contributed by atoms with Crippen LogP contribution < -0.4 is 0 Å². The summed E-state index contributed by atoms with van der Waals surface area (Å²) in [6, 6.07) is 0. The van der Waals surface area contributed by atoms with Crippen LogP contribution in [0.1, 0.15) is 58.8 Å². The maximum atomic E-state index is 10.2. The molecule has 15 heavy (non-hydrogen) atoms. The molecule has 0 aromatic carbocycles. The molecule has 0 rings (SSSR count). The van der Waals surface area contributed by atoms with Gasteiger partial charge in [0, 0.05) is 19.6 Å². The van der Waals surface area contributed by atoms with Crippen LogP contribution in [-0.4, -0.2) is 19.5 Å². The van der Waals surface area contributed by atoms with Gasteiger partial charge in [-0.2, -0.15) is 0 Å². The fourth-order valence-corrected chi connectivity index (χ4v) is 1.50. The lowest BCUT2D eigenvalue weighted by Gasteiger charge is -2.08. The number of hydrogen-bond acceptors (Lipinski definition) is 2. The molecule has 0 aromatic heterocycles. The maximum Gasteiger partial charge on any atom is 0.120 e. The molecule has 0 spiro atoms. The van der Waals surface area contributed by atoms with Crippen molar-refractivity contribution in [2.75, 3.05) is 13.2 Å². The summed E-state index contributed by atoms with van der Waals surface area (Å²) >= 11 is 0. The predicted octanol–water partition coefficient (Wildman–Crippen LogP) is 3.59. The summed E-state index contributed by atoms with van der Waals surface area (Å²) in [5.74, 6) is 0.377. The zero-order chi connectivity index (χ0) is 11.4. The lowest BCUT2D eigenvalue weighted by atomic mass is 10.1. The second-order valence-electron chi connectivity index (χ2n) is 4.35. The van der Waals surface area contributed by atoms with Gasteiger partial charge in [0.25, 0.3) is 0 Å². The third kappa shape index (κ3) is 11.6. The van der Waals surface area contributed by atoms with Crippen molar-refractivity contribution in [2.24, 2.45) is 5.92 Å². The highest BCUT2D eigenvalue weighted by atomic mass is 16.5. The summed E-state index contributed by atoms with van der Waals surface area (Å²) in [5.41, 5.74) is 0. The highest BCUT2D eigenvalue weighted by Gasteiger charge is 2.00. The molecule has 0 aliphatic carbocycles. The van der Waals surface area contributed by atoms with Gasteiger partial charge < -0.3 is 9.53 Å². The molecule has 0 amide bonds. The highest BCUT2D eigenvalue weighted by Crippen LogP contribution is 2.06. The van der Waals surface area contributed by atoms with Crippen LogP contribution in [0, 0.1) is 5.92 Å². The first-order chi connectivity index (χ1) is 7.31. The Balaban J connectivity index is 3.01. The zero-order valence-electron chi connectivity index (χ0n) is 10.3. The van der Waals surface area contributed by atoms with E-state index in [4.69, 9.17) is 4.74 Å². The number of carbonyl (C=O) groups excluding carboxylic acids is 1. The van der Waals surface area contributed by atoms with E-state index < -0.39 is 0 Å². The van der Waals surface area contributed by atoms with Crippen molar-refractivity contribution < 1.29 is 9.53 Å². The van der Waals surface area contributed by atoms with Gasteiger partial charge in [-0.3, -0.25) is 0 Å². The quantitative estimate of drug-likeness (QED) is 0.388. The Hall–Kier alpha value is -0.370. The largest absolute Gasteiger partial charge is 0.381 e. The van der Waals surface area contributed by atoms with Crippen LogP contribution in [0.25, 0.3) is 0 Å². The third-order valence-corrected chi connectivity index (χ3v) is 2.54. The smallest absolute Gasteiger partial charge is 0.120 e. The van der Waals surface area contributed by atoms with Crippen LogP contribution >= 0.6 is 0 Å². The van der Waals surface area contributed by atoms with Crippen molar-refractivity contribution in [2.45, 2.75) is 58.8 Å². The minimum atomic E-state index is 0.377. The van der Waals surface area contributed by atoms with Crippen molar-refractivity contribution in [3.63, 3.8) is 0 Å². The number of carbonyl (C=O) groups is 1. The molecule has 0 fully saturated rings. The Morgan fingerprint density at radius 3 is 2.47 bits per heavy atom. The minimum Gasteiger partial charge on any atom is -0.381 e. The Labute approximate surface area is 94.4 Å². The Kier molecular flexibility index (Phi) is 11.4. The van der Waals surface area contributed by atoms with Crippen molar-refractivity contribution in [3.05, 3.63) is 0 Å². The number of aldehydes is 1. The molecular formula is C13H26O2. The molecule has 90 valence electrons. The van der Waals surface area contributed by atoms with Crippen LogP contribution in [0.15, 0.2) is 0 Å². The normalized spacial score (nSPS) is 12.7. The van der Waals surface area contributed by atoms with Gasteiger partial charge in [-0.15, -0.1) is 0 Å². The molecule has 0 aliphatic rings. The summed E-state index contributed by atoms with van der Waals surface area (Å²) < 4.78 is 5.50. The molecule has 2 nitrogen and oxygen atoms in total.